The smallest absolute Gasteiger partial charge is 0.493 e. The van der Waals surface area contributed by atoms with Crippen molar-refractivity contribution in [2.45, 2.75) is 72.1 Å². The summed E-state index contributed by atoms with van der Waals surface area (Å²) in [4.78, 5) is 0. The van der Waals surface area contributed by atoms with Crippen LogP contribution in [0.5, 0.6) is 5.75 Å². The number of phosphoric ester groups is 1. The molecule has 4 aliphatic rings. The van der Waals surface area contributed by atoms with Crippen LogP contribution in [0.2, 0.25) is 0 Å². The lowest BCUT2D eigenvalue weighted by Gasteiger charge is -2.51. The van der Waals surface area contributed by atoms with Crippen molar-refractivity contribution >= 4 is 13.6 Å². The van der Waals surface area contributed by atoms with Crippen molar-refractivity contribution in [3.63, 3.8) is 0 Å². The molecule has 0 radical (unpaired) electrons. The first kappa shape index (κ1) is 27.7. The fourth-order valence-corrected chi connectivity index (χ4v) is 7.36. The lowest BCUT2D eigenvalue weighted by Crippen LogP contribution is -2.41. The Kier molecular flexibility index (Phi) is 9.02. The topological polar surface area (TPSA) is 102 Å². The van der Waals surface area contributed by atoms with Crippen LogP contribution >= 0.6 is 7.82 Å². The van der Waals surface area contributed by atoms with E-state index in [2.05, 4.69) is 20.8 Å². The Morgan fingerprint density at radius 3 is 2.08 bits per heavy atom. The van der Waals surface area contributed by atoms with Crippen LogP contribution in [0, 0.1) is 51.7 Å². The summed E-state index contributed by atoms with van der Waals surface area (Å²) in [6.45, 7) is 7.12. The first-order valence-electron chi connectivity index (χ1n) is 13.5. The highest BCUT2D eigenvalue weighted by Gasteiger charge is 2.47. The zero-order chi connectivity index (χ0) is 26.5. The molecule has 0 aromatic heterocycles. The van der Waals surface area contributed by atoms with Crippen LogP contribution in [0.15, 0.2) is 29.8 Å². The van der Waals surface area contributed by atoms with Crippen molar-refractivity contribution in [2.24, 2.45) is 29.1 Å². The number of phosphoric acid groups is 1. The highest BCUT2D eigenvalue weighted by Crippen LogP contribution is 2.58. The van der Waals surface area contributed by atoms with E-state index in [9.17, 15) is 4.57 Å². The number of nitriles is 2. The molecule has 0 spiro atoms. The lowest BCUT2D eigenvalue weighted by atomic mass is 9.54. The summed E-state index contributed by atoms with van der Waals surface area (Å²) in [6, 6.07) is 11.4. The monoisotopic (exact) mass is 526 g/mol. The fraction of sp³-hybridized carbons (Fsp3) is 0.655. The molecular weight excluding hydrogens is 487 g/mol. The molecule has 1 aromatic carbocycles. The van der Waals surface area contributed by atoms with Gasteiger partial charge in [-0.05, 0) is 85.3 Å². The summed E-state index contributed by atoms with van der Waals surface area (Å²) in [6.07, 6.45) is 7.43. The molecular formula is C29H39N2O5P. The second kappa shape index (κ2) is 12.0. The maximum atomic E-state index is 13.3. The number of hydrogen-bond acceptors (Lipinski definition) is 7. The summed E-state index contributed by atoms with van der Waals surface area (Å²) in [5, 5.41) is 17.7. The molecule has 4 bridgehead atoms. The van der Waals surface area contributed by atoms with Crippen molar-refractivity contribution in [3.05, 3.63) is 35.4 Å². The molecule has 37 heavy (non-hydrogen) atoms. The van der Waals surface area contributed by atoms with Gasteiger partial charge in [0.25, 0.3) is 0 Å². The van der Waals surface area contributed by atoms with E-state index in [1.165, 1.54) is 37.7 Å². The van der Waals surface area contributed by atoms with Crippen LogP contribution < -0.4 is 4.52 Å². The molecule has 8 heteroatoms. The Balaban J connectivity index is 1.61. The molecule has 0 atom stereocenters. The van der Waals surface area contributed by atoms with E-state index in [0.717, 1.165) is 29.6 Å². The van der Waals surface area contributed by atoms with Gasteiger partial charge in [-0.25, -0.2) is 4.57 Å². The predicted octanol–water partition coefficient (Wildman–Crippen LogP) is 7.65. The lowest BCUT2D eigenvalue weighted by molar-refractivity contribution is 0.0660. The second-order valence-electron chi connectivity index (χ2n) is 11.8. The summed E-state index contributed by atoms with van der Waals surface area (Å²) in [5.74, 6) is 4.13. The zero-order valence-electron chi connectivity index (χ0n) is 22.3. The summed E-state index contributed by atoms with van der Waals surface area (Å²) < 4.78 is 36.3. The molecule has 0 aliphatic heterocycles. The number of ether oxygens (including phenoxy) is 1. The van der Waals surface area contributed by atoms with E-state index >= 15 is 0 Å². The molecule has 0 saturated heterocycles. The third-order valence-electron chi connectivity index (χ3n) is 7.62. The maximum Gasteiger partial charge on any atom is 0.530 e. The number of rotatable bonds is 12. The quantitative estimate of drug-likeness (QED) is 0.157. The molecule has 0 N–H and O–H groups in total. The van der Waals surface area contributed by atoms with Crippen LogP contribution in [0.4, 0.5) is 0 Å². The van der Waals surface area contributed by atoms with Gasteiger partial charge in [0.2, 0.25) is 0 Å². The van der Waals surface area contributed by atoms with Crippen LogP contribution in [0.1, 0.15) is 77.7 Å². The van der Waals surface area contributed by atoms with Crippen LogP contribution in [0.25, 0.3) is 5.76 Å². The molecule has 4 aliphatic carbocycles. The van der Waals surface area contributed by atoms with Gasteiger partial charge >= 0.3 is 7.82 Å². The third-order valence-corrected chi connectivity index (χ3v) is 9.05. The average Bonchev–Trinajstić information content (AvgIpc) is 2.82. The molecule has 1 aromatic rings. The van der Waals surface area contributed by atoms with Gasteiger partial charge < -0.3 is 9.26 Å². The van der Waals surface area contributed by atoms with E-state index < -0.39 is 7.82 Å². The molecule has 0 unspecified atom stereocenters. The van der Waals surface area contributed by atoms with Crippen LogP contribution in [0.3, 0.4) is 0 Å². The second-order valence-corrected chi connectivity index (χ2v) is 13.4. The first-order chi connectivity index (χ1) is 17.7. The van der Waals surface area contributed by atoms with E-state index in [1.54, 1.807) is 6.07 Å². The number of nitrogens with zero attached hydrogens (tertiary/aromatic N) is 2. The molecule has 0 heterocycles. The van der Waals surface area contributed by atoms with Gasteiger partial charge in [0, 0.05) is 5.56 Å². The minimum atomic E-state index is -4.01. The van der Waals surface area contributed by atoms with Crippen molar-refractivity contribution in [1.29, 1.82) is 10.5 Å². The van der Waals surface area contributed by atoms with Crippen molar-refractivity contribution in [1.82, 2.24) is 0 Å². The largest absolute Gasteiger partial charge is 0.530 e. The van der Waals surface area contributed by atoms with Gasteiger partial charge in [0.05, 0.1) is 44.8 Å². The normalized spacial score (nSPS) is 24.4. The van der Waals surface area contributed by atoms with Crippen molar-refractivity contribution in [2.75, 3.05) is 19.8 Å². The van der Waals surface area contributed by atoms with Gasteiger partial charge in [-0.15, -0.1) is 0 Å². The Morgan fingerprint density at radius 2 is 1.54 bits per heavy atom. The van der Waals surface area contributed by atoms with Crippen LogP contribution in [-0.4, -0.2) is 19.8 Å². The van der Waals surface area contributed by atoms with Crippen LogP contribution in [-0.2, 0) is 18.3 Å². The minimum Gasteiger partial charge on any atom is -0.493 e. The van der Waals surface area contributed by atoms with Gasteiger partial charge in [0.1, 0.15) is 11.5 Å². The molecule has 4 saturated carbocycles. The summed E-state index contributed by atoms with van der Waals surface area (Å²) in [5.41, 5.74) is 2.53. The van der Waals surface area contributed by atoms with Gasteiger partial charge in [-0.2, -0.15) is 10.5 Å². The Hall–Kier alpha value is -2.31. The molecule has 4 fully saturated rings. The standard InChI is InChI=1S/C29H39N2O5P/c1-29(2,3)9-14-33-28(27-24-16-21-15-22(18-24)19-25(27)17-21)23-7-4-8-26(20-23)36-37(32,34-12-5-10-30)35-13-6-11-31/h4,7-8,20-22,24-25H,5-6,9,12-19H2,1-3H3. The Bertz CT molecular complexity index is 1060. The van der Waals surface area contributed by atoms with Gasteiger partial charge in [0.15, 0.2) is 0 Å². The molecule has 200 valence electrons. The van der Waals surface area contributed by atoms with E-state index in [0.29, 0.717) is 24.2 Å². The highest BCUT2D eigenvalue weighted by molar-refractivity contribution is 7.48. The van der Waals surface area contributed by atoms with Gasteiger partial charge in [-0.3, -0.25) is 9.05 Å². The number of allylic oxidation sites excluding steroid dienone is 1. The van der Waals surface area contributed by atoms with E-state index in [4.69, 9.17) is 28.8 Å². The SMILES string of the molecule is CC(C)(C)CCOC(=C1C2CC3CC(C2)CC1C3)c1cccc(OP(=O)(OCCC#N)OCCC#N)c1. The predicted molar refractivity (Wildman–Crippen MR) is 141 cm³/mol. The first-order valence-corrected chi connectivity index (χ1v) is 15.0. The summed E-state index contributed by atoms with van der Waals surface area (Å²) in [7, 11) is -4.01. The highest BCUT2D eigenvalue weighted by atomic mass is 31.2. The molecule has 0 amide bonds. The number of hydrogen-bond donors (Lipinski definition) is 0. The molecule has 7 nitrogen and oxygen atoms in total. The van der Waals surface area contributed by atoms with Crippen molar-refractivity contribution < 1.29 is 22.9 Å². The van der Waals surface area contributed by atoms with Crippen molar-refractivity contribution in [3.8, 4) is 17.9 Å². The minimum absolute atomic E-state index is 0.0532. The van der Waals surface area contributed by atoms with E-state index in [1.807, 2.05) is 30.3 Å². The summed E-state index contributed by atoms with van der Waals surface area (Å²) >= 11 is 0. The fourth-order valence-electron chi connectivity index (χ4n) is 6.17. The third kappa shape index (κ3) is 7.38. The zero-order valence-corrected chi connectivity index (χ0v) is 23.2. The maximum absolute atomic E-state index is 13.3. The van der Waals surface area contributed by atoms with E-state index in [-0.39, 0.29) is 31.5 Å². The Labute approximate surface area is 221 Å². The Morgan fingerprint density at radius 1 is 0.946 bits per heavy atom. The molecule has 5 rings (SSSR count). The average molecular weight is 527 g/mol. The number of benzene rings is 1. The van der Waals surface area contributed by atoms with Gasteiger partial charge in [-0.1, -0.05) is 32.9 Å².